The summed E-state index contributed by atoms with van der Waals surface area (Å²) in [6.45, 7) is 1.92. The van der Waals surface area contributed by atoms with Crippen LogP contribution < -0.4 is 5.32 Å². The minimum Gasteiger partial charge on any atom is -0.467 e. The van der Waals surface area contributed by atoms with Gasteiger partial charge in [-0.1, -0.05) is 0 Å². The van der Waals surface area contributed by atoms with E-state index >= 15 is 0 Å². The summed E-state index contributed by atoms with van der Waals surface area (Å²) >= 11 is 0. The second-order valence-electron chi connectivity index (χ2n) is 4.06. The Bertz CT molecular complexity index is 554. The molecule has 0 spiro atoms. The Labute approximate surface area is 110 Å². The van der Waals surface area contributed by atoms with Gasteiger partial charge in [0.25, 0.3) is 0 Å². The Balaban J connectivity index is 1.80. The van der Waals surface area contributed by atoms with Crippen LogP contribution in [0.15, 0.2) is 45.4 Å². The number of amides is 1. The molecule has 1 unspecified atom stereocenters. The lowest BCUT2D eigenvalue weighted by Crippen LogP contribution is -2.26. The highest BCUT2D eigenvalue weighted by Crippen LogP contribution is 2.11. The Kier molecular flexibility index (Phi) is 4.20. The third-order valence-corrected chi connectivity index (χ3v) is 2.50. The molecule has 0 aliphatic rings. The molecule has 19 heavy (non-hydrogen) atoms. The molecule has 2 aromatic rings. The van der Waals surface area contributed by atoms with Crippen LogP contribution >= 0.6 is 0 Å². The van der Waals surface area contributed by atoms with Crippen molar-refractivity contribution in [2.45, 2.75) is 13.0 Å². The summed E-state index contributed by atoms with van der Waals surface area (Å²) in [5, 5.41) is 12.3. The van der Waals surface area contributed by atoms with Gasteiger partial charge in [0, 0.05) is 6.08 Å². The third-order valence-electron chi connectivity index (χ3n) is 2.50. The SMILES string of the molecule is Cc1ccc(/C=C/C(=O)NCC(O)c2ccco2)o1. The first-order valence-corrected chi connectivity index (χ1v) is 5.89. The van der Waals surface area contributed by atoms with Gasteiger partial charge in [-0.15, -0.1) is 0 Å². The number of rotatable bonds is 5. The van der Waals surface area contributed by atoms with E-state index in [-0.39, 0.29) is 12.5 Å². The first-order chi connectivity index (χ1) is 9.15. The van der Waals surface area contributed by atoms with Crippen LogP contribution in [0, 0.1) is 6.92 Å². The van der Waals surface area contributed by atoms with Crippen LogP contribution in [0.3, 0.4) is 0 Å². The maximum atomic E-state index is 11.5. The number of hydrogen-bond donors (Lipinski definition) is 2. The first-order valence-electron chi connectivity index (χ1n) is 5.89. The first kappa shape index (κ1) is 13.2. The number of aliphatic hydroxyl groups is 1. The van der Waals surface area contributed by atoms with E-state index in [1.807, 2.05) is 13.0 Å². The summed E-state index contributed by atoms with van der Waals surface area (Å²) in [6, 6.07) is 6.92. The van der Waals surface area contributed by atoms with Crippen molar-refractivity contribution in [2.75, 3.05) is 6.54 Å². The fourth-order valence-electron chi connectivity index (χ4n) is 1.54. The largest absolute Gasteiger partial charge is 0.467 e. The average Bonchev–Trinajstić information content (AvgIpc) is 3.04. The fourth-order valence-corrected chi connectivity index (χ4v) is 1.54. The van der Waals surface area contributed by atoms with Gasteiger partial charge in [-0.25, -0.2) is 0 Å². The summed E-state index contributed by atoms with van der Waals surface area (Å²) in [7, 11) is 0. The maximum Gasteiger partial charge on any atom is 0.244 e. The van der Waals surface area contributed by atoms with Crippen molar-refractivity contribution in [2.24, 2.45) is 0 Å². The van der Waals surface area contributed by atoms with Crippen LogP contribution in [0.5, 0.6) is 0 Å². The van der Waals surface area contributed by atoms with Crippen molar-refractivity contribution in [1.82, 2.24) is 5.32 Å². The normalized spacial score (nSPS) is 12.7. The van der Waals surface area contributed by atoms with E-state index < -0.39 is 6.10 Å². The van der Waals surface area contributed by atoms with E-state index in [0.29, 0.717) is 11.5 Å². The molecule has 1 atom stereocenters. The van der Waals surface area contributed by atoms with E-state index in [4.69, 9.17) is 8.83 Å². The topological polar surface area (TPSA) is 75.6 Å². The van der Waals surface area contributed by atoms with E-state index in [0.717, 1.165) is 5.76 Å². The molecule has 5 heteroatoms. The second-order valence-corrected chi connectivity index (χ2v) is 4.06. The molecule has 0 aliphatic carbocycles. The van der Waals surface area contributed by atoms with Crippen LogP contribution in [0.25, 0.3) is 6.08 Å². The van der Waals surface area contributed by atoms with Gasteiger partial charge in [0.05, 0.1) is 12.8 Å². The number of carbonyl (C=O) groups is 1. The van der Waals surface area contributed by atoms with Gasteiger partial charge in [0.15, 0.2) is 0 Å². The van der Waals surface area contributed by atoms with E-state index in [1.165, 1.54) is 12.3 Å². The zero-order valence-corrected chi connectivity index (χ0v) is 10.5. The predicted molar refractivity (Wildman–Crippen MR) is 69.2 cm³/mol. The lowest BCUT2D eigenvalue weighted by molar-refractivity contribution is -0.116. The summed E-state index contributed by atoms with van der Waals surface area (Å²) in [6.07, 6.45) is 3.55. The van der Waals surface area contributed by atoms with Crippen molar-refractivity contribution in [3.8, 4) is 0 Å². The van der Waals surface area contributed by atoms with Gasteiger partial charge in [0.1, 0.15) is 23.4 Å². The van der Waals surface area contributed by atoms with Gasteiger partial charge in [-0.05, 0) is 37.3 Å². The Morgan fingerprint density at radius 1 is 1.47 bits per heavy atom. The summed E-state index contributed by atoms with van der Waals surface area (Å²) in [5.74, 6) is 1.51. The predicted octanol–water partition coefficient (Wildman–Crippen LogP) is 2.04. The standard InChI is InChI=1S/C14H15NO4/c1-10-4-5-11(19-10)6-7-14(17)15-9-12(16)13-3-2-8-18-13/h2-8,12,16H,9H2,1H3,(H,15,17)/b7-6+. The summed E-state index contributed by atoms with van der Waals surface area (Å²) < 4.78 is 10.3. The van der Waals surface area contributed by atoms with Crippen molar-refractivity contribution in [3.05, 3.63) is 53.9 Å². The zero-order valence-electron chi connectivity index (χ0n) is 10.5. The van der Waals surface area contributed by atoms with Gasteiger partial charge < -0.3 is 19.3 Å². The molecule has 2 rings (SSSR count). The molecular formula is C14H15NO4. The molecule has 0 fully saturated rings. The molecule has 0 aromatic carbocycles. The van der Waals surface area contributed by atoms with E-state index in [2.05, 4.69) is 5.32 Å². The van der Waals surface area contributed by atoms with Gasteiger partial charge >= 0.3 is 0 Å². The minimum atomic E-state index is -0.849. The van der Waals surface area contributed by atoms with Crippen molar-refractivity contribution in [1.29, 1.82) is 0 Å². The number of aryl methyl sites for hydroxylation is 1. The molecular weight excluding hydrogens is 246 g/mol. The molecule has 0 saturated heterocycles. The molecule has 0 bridgehead atoms. The van der Waals surface area contributed by atoms with Crippen LogP contribution in [-0.4, -0.2) is 17.6 Å². The highest BCUT2D eigenvalue weighted by Gasteiger charge is 2.10. The quantitative estimate of drug-likeness (QED) is 0.808. The Morgan fingerprint density at radius 3 is 2.95 bits per heavy atom. The number of aliphatic hydroxyl groups excluding tert-OH is 1. The van der Waals surface area contributed by atoms with Gasteiger partial charge in [-0.2, -0.15) is 0 Å². The molecule has 5 nitrogen and oxygen atoms in total. The molecule has 0 aliphatic heterocycles. The van der Waals surface area contributed by atoms with E-state index in [9.17, 15) is 9.90 Å². The Morgan fingerprint density at radius 2 is 2.32 bits per heavy atom. The Hall–Kier alpha value is -2.27. The second kappa shape index (κ2) is 6.06. The zero-order chi connectivity index (χ0) is 13.7. The fraction of sp³-hybridized carbons (Fsp3) is 0.214. The number of furan rings is 2. The van der Waals surface area contributed by atoms with Crippen molar-refractivity contribution >= 4 is 12.0 Å². The van der Waals surface area contributed by atoms with Crippen LogP contribution in [0.4, 0.5) is 0 Å². The minimum absolute atomic E-state index is 0.0911. The third kappa shape index (κ3) is 3.86. The molecule has 2 heterocycles. The van der Waals surface area contributed by atoms with Crippen molar-refractivity contribution in [3.63, 3.8) is 0 Å². The van der Waals surface area contributed by atoms with Crippen LogP contribution in [-0.2, 0) is 4.79 Å². The van der Waals surface area contributed by atoms with Crippen LogP contribution in [0.1, 0.15) is 23.4 Å². The van der Waals surface area contributed by atoms with Crippen molar-refractivity contribution < 1.29 is 18.7 Å². The lowest BCUT2D eigenvalue weighted by Gasteiger charge is -2.07. The summed E-state index contributed by atoms with van der Waals surface area (Å²) in [5.41, 5.74) is 0. The summed E-state index contributed by atoms with van der Waals surface area (Å²) in [4.78, 5) is 11.5. The smallest absolute Gasteiger partial charge is 0.244 e. The highest BCUT2D eigenvalue weighted by molar-refractivity contribution is 5.91. The number of nitrogens with one attached hydrogen (secondary N) is 1. The molecule has 100 valence electrons. The number of carbonyl (C=O) groups excluding carboxylic acids is 1. The monoisotopic (exact) mass is 261 g/mol. The molecule has 2 N–H and O–H groups in total. The molecule has 2 aromatic heterocycles. The van der Waals surface area contributed by atoms with E-state index in [1.54, 1.807) is 24.3 Å². The molecule has 1 amide bonds. The molecule has 0 radical (unpaired) electrons. The molecule has 0 saturated carbocycles. The highest BCUT2D eigenvalue weighted by atomic mass is 16.4. The number of hydrogen-bond acceptors (Lipinski definition) is 4. The van der Waals surface area contributed by atoms with Gasteiger partial charge in [0.2, 0.25) is 5.91 Å². The maximum absolute atomic E-state index is 11.5. The lowest BCUT2D eigenvalue weighted by atomic mass is 10.2. The van der Waals surface area contributed by atoms with Crippen LogP contribution in [0.2, 0.25) is 0 Å². The average molecular weight is 261 g/mol. The van der Waals surface area contributed by atoms with Gasteiger partial charge in [-0.3, -0.25) is 4.79 Å².